The highest BCUT2D eigenvalue weighted by molar-refractivity contribution is 5.64. The van der Waals surface area contributed by atoms with Crippen molar-refractivity contribution in [1.29, 1.82) is 0 Å². The van der Waals surface area contributed by atoms with Crippen LogP contribution in [0.15, 0.2) is 60.8 Å². The van der Waals surface area contributed by atoms with Crippen LogP contribution in [0.25, 0.3) is 0 Å². The van der Waals surface area contributed by atoms with Crippen LogP contribution in [-0.4, -0.2) is 23.7 Å². The summed E-state index contributed by atoms with van der Waals surface area (Å²) in [5, 5.41) is 6.44. The minimum Gasteiger partial charge on any atom is -0.497 e. The predicted octanol–water partition coefficient (Wildman–Crippen LogP) is 4.37. The molecule has 128 valence electrons. The van der Waals surface area contributed by atoms with Gasteiger partial charge in [0.1, 0.15) is 17.3 Å². The van der Waals surface area contributed by atoms with Crippen LogP contribution in [0, 0.1) is 0 Å². The van der Waals surface area contributed by atoms with Gasteiger partial charge in [-0.25, -0.2) is 4.98 Å². The first-order chi connectivity index (χ1) is 12.3. The Hall–Kier alpha value is -3.28. The molecule has 0 atom stereocenters. The number of nitrogens with one attached hydrogen (secondary N) is 2. The summed E-state index contributed by atoms with van der Waals surface area (Å²) in [5.41, 5.74) is 1.71. The van der Waals surface area contributed by atoms with E-state index in [0.29, 0.717) is 18.4 Å². The van der Waals surface area contributed by atoms with E-state index in [1.807, 2.05) is 55.5 Å². The summed E-state index contributed by atoms with van der Waals surface area (Å²) in [5.74, 6) is 2.71. The molecule has 3 rings (SSSR count). The quantitative estimate of drug-likeness (QED) is 0.668. The molecule has 0 unspecified atom stereocenters. The van der Waals surface area contributed by atoms with E-state index in [0.717, 1.165) is 22.9 Å². The standard InChI is InChI=1S/C19H20N4O2/c1-3-25-17-10-5-4-9-16(17)22-19-20-12-11-18(23-19)21-14-7-6-8-15(13-14)24-2/h4-13H,3H2,1-2H3,(H2,20,21,22,23). The second-order valence-corrected chi connectivity index (χ2v) is 5.18. The van der Waals surface area contributed by atoms with Gasteiger partial charge in [0, 0.05) is 18.0 Å². The highest BCUT2D eigenvalue weighted by Crippen LogP contribution is 2.27. The zero-order valence-electron chi connectivity index (χ0n) is 14.2. The number of aromatic nitrogens is 2. The molecule has 0 radical (unpaired) electrons. The van der Waals surface area contributed by atoms with E-state index in [4.69, 9.17) is 9.47 Å². The average molecular weight is 336 g/mol. The van der Waals surface area contributed by atoms with Crippen LogP contribution in [0.3, 0.4) is 0 Å². The highest BCUT2D eigenvalue weighted by Gasteiger charge is 2.06. The first kappa shape index (κ1) is 16.6. The number of hydrogen-bond donors (Lipinski definition) is 2. The Morgan fingerprint density at radius 1 is 1.00 bits per heavy atom. The van der Waals surface area contributed by atoms with Gasteiger partial charge in [0.05, 0.1) is 19.4 Å². The third-order valence-electron chi connectivity index (χ3n) is 3.43. The maximum Gasteiger partial charge on any atom is 0.229 e. The van der Waals surface area contributed by atoms with Crippen molar-refractivity contribution in [2.45, 2.75) is 6.92 Å². The number of benzene rings is 2. The topological polar surface area (TPSA) is 68.3 Å². The first-order valence-electron chi connectivity index (χ1n) is 8.01. The molecule has 1 heterocycles. The van der Waals surface area contributed by atoms with Gasteiger partial charge in [0.15, 0.2) is 0 Å². The molecule has 6 heteroatoms. The third kappa shape index (κ3) is 4.38. The minimum absolute atomic E-state index is 0.486. The van der Waals surface area contributed by atoms with Crippen molar-refractivity contribution in [3.8, 4) is 11.5 Å². The van der Waals surface area contributed by atoms with Crippen LogP contribution >= 0.6 is 0 Å². The van der Waals surface area contributed by atoms with Gasteiger partial charge < -0.3 is 20.1 Å². The van der Waals surface area contributed by atoms with Gasteiger partial charge >= 0.3 is 0 Å². The Bertz CT molecular complexity index is 839. The number of methoxy groups -OCH3 is 1. The van der Waals surface area contributed by atoms with E-state index >= 15 is 0 Å². The Morgan fingerprint density at radius 2 is 1.88 bits per heavy atom. The Balaban J connectivity index is 1.77. The summed E-state index contributed by atoms with van der Waals surface area (Å²) in [6, 6.07) is 17.2. The normalized spacial score (nSPS) is 10.2. The Morgan fingerprint density at radius 3 is 2.72 bits per heavy atom. The van der Waals surface area contributed by atoms with Gasteiger partial charge in [0.2, 0.25) is 5.95 Å². The summed E-state index contributed by atoms with van der Waals surface area (Å²) < 4.78 is 10.8. The maximum absolute atomic E-state index is 5.61. The molecule has 25 heavy (non-hydrogen) atoms. The molecule has 0 amide bonds. The lowest BCUT2D eigenvalue weighted by Crippen LogP contribution is -2.02. The number of rotatable bonds is 7. The van der Waals surface area contributed by atoms with Crippen molar-refractivity contribution in [2.24, 2.45) is 0 Å². The lowest BCUT2D eigenvalue weighted by atomic mass is 10.3. The number of para-hydroxylation sites is 2. The van der Waals surface area contributed by atoms with E-state index < -0.39 is 0 Å². The molecule has 2 N–H and O–H groups in total. The Labute approximate surface area is 146 Å². The number of anilines is 4. The SMILES string of the molecule is CCOc1ccccc1Nc1nccc(Nc2cccc(OC)c2)n1. The zero-order valence-corrected chi connectivity index (χ0v) is 14.2. The van der Waals surface area contributed by atoms with Gasteiger partial charge in [-0.15, -0.1) is 0 Å². The van der Waals surface area contributed by atoms with Gasteiger partial charge in [-0.2, -0.15) is 4.98 Å². The molecule has 2 aromatic carbocycles. The van der Waals surface area contributed by atoms with Gasteiger partial charge in [-0.05, 0) is 37.3 Å². The highest BCUT2D eigenvalue weighted by atomic mass is 16.5. The molecule has 3 aromatic rings. The lowest BCUT2D eigenvalue weighted by molar-refractivity contribution is 0.342. The number of nitrogens with zero attached hydrogens (tertiary/aromatic N) is 2. The van der Waals surface area contributed by atoms with Gasteiger partial charge in [-0.1, -0.05) is 18.2 Å². The van der Waals surface area contributed by atoms with Gasteiger partial charge in [0.25, 0.3) is 0 Å². The summed E-state index contributed by atoms with van der Waals surface area (Å²) in [4.78, 5) is 8.76. The minimum atomic E-state index is 0.486. The zero-order chi connectivity index (χ0) is 17.5. The molecule has 0 spiro atoms. The molecule has 6 nitrogen and oxygen atoms in total. The fraction of sp³-hybridized carbons (Fsp3) is 0.158. The van der Waals surface area contributed by atoms with Crippen molar-refractivity contribution in [3.63, 3.8) is 0 Å². The van der Waals surface area contributed by atoms with Crippen LogP contribution in [-0.2, 0) is 0 Å². The van der Waals surface area contributed by atoms with E-state index in [9.17, 15) is 0 Å². The van der Waals surface area contributed by atoms with Crippen LogP contribution in [0.2, 0.25) is 0 Å². The average Bonchev–Trinajstić information content (AvgIpc) is 2.64. The molecule has 0 aliphatic rings. The maximum atomic E-state index is 5.61. The van der Waals surface area contributed by atoms with Gasteiger partial charge in [-0.3, -0.25) is 0 Å². The number of hydrogen-bond acceptors (Lipinski definition) is 6. The van der Waals surface area contributed by atoms with E-state index in [1.54, 1.807) is 19.4 Å². The molecule has 0 saturated heterocycles. The molecule has 0 saturated carbocycles. The fourth-order valence-corrected chi connectivity index (χ4v) is 2.31. The smallest absolute Gasteiger partial charge is 0.229 e. The Kier molecular flexibility index (Phi) is 5.31. The number of ether oxygens (including phenoxy) is 2. The van der Waals surface area contributed by atoms with E-state index in [2.05, 4.69) is 20.6 Å². The predicted molar refractivity (Wildman–Crippen MR) is 99.2 cm³/mol. The molecule has 0 aliphatic carbocycles. The van der Waals surface area contributed by atoms with E-state index in [-0.39, 0.29) is 0 Å². The van der Waals surface area contributed by atoms with Crippen molar-refractivity contribution >= 4 is 23.1 Å². The summed E-state index contributed by atoms with van der Waals surface area (Å²) in [6.07, 6.45) is 1.70. The van der Waals surface area contributed by atoms with Crippen molar-refractivity contribution in [3.05, 3.63) is 60.8 Å². The third-order valence-corrected chi connectivity index (χ3v) is 3.43. The second kappa shape index (κ2) is 8.01. The molecular weight excluding hydrogens is 316 g/mol. The monoisotopic (exact) mass is 336 g/mol. The largest absolute Gasteiger partial charge is 0.497 e. The van der Waals surface area contributed by atoms with Crippen LogP contribution in [0.4, 0.5) is 23.1 Å². The van der Waals surface area contributed by atoms with Crippen molar-refractivity contribution < 1.29 is 9.47 Å². The van der Waals surface area contributed by atoms with Crippen molar-refractivity contribution in [1.82, 2.24) is 9.97 Å². The molecule has 0 bridgehead atoms. The lowest BCUT2D eigenvalue weighted by Gasteiger charge is -2.12. The second-order valence-electron chi connectivity index (χ2n) is 5.18. The molecule has 1 aromatic heterocycles. The summed E-state index contributed by atoms with van der Waals surface area (Å²) >= 11 is 0. The van der Waals surface area contributed by atoms with E-state index in [1.165, 1.54) is 0 Å². The van der Waals surface area contributed by atoms with Crippen LogP contribution < -0.4 is 20.1 Å². The van der Waals surface area contributed by atoms with Crippen LogP contribution in [0.5, 0.6) is 11.5 Å². The molecule has 0 fully saturated rings. The fourth-order valence-electron chi connectivity index (χ4n) is 2.31. The summed E-state index contributed by atoms with van der Waals surface area (Å²) in [7, 11) is 1.64. The summed E-state index contributed by atoms with van der Waals surface area (Å²) in [6.45, 7) is 2.54. The van der Waals surface area contributed by atoms with Crippen molar-refractivity contribution in [2.75, 3.05) is 24.4 Å². The first-order valence-corrected chi connectivity index (χ1v) is 8.01. The molecule has 0 aliphatic heterocycles. The molecular formula is C19H20N4O2. The van der Waals surface area contributed by atoms with Crippen LogP contribution in [0.1, 0.15) is 6.92 Å².